The third-order valence-corrected chi connectivity index (χ3v) is 4.93. The first kappa shape index (κ1) is 15.2. The molecule has 1 aromatic rings. The maximum Gasteiger partial charge on any atom is 0.242 e. The van der Waals surface area contributed by atoms with Crippen LogP contribution in [0.4, 0.5) is 0 Å². The standard InChI is InChI=1S/C17H24N2O3/c1-21-14-9-12-5-8-19(11-13(12)10-15(14)22-2)16(20)17(18)6-3-4-7-17/h9-10H,3-8,11,18H2,1-2H3. The lowest BCUT2D eigenvalue weighted by atomic mass is 9.93. The fourth-order valence-electron chi connectivity index (χ4n) is 3.59. The average Bonchev–Trinajstić information content (AvgIpc) is 3.00. The molecule has 3 rings (SSSR count). The van der Waals surface area contributed by atoms with Crippen LogP contribution in [0.15, 0.2) is 12.1 Å². The molecule has 1 aliphatic carbocycles. The lowest BCUT2D eigenvalue weighted by Gasteiger charge is -2.35. The first-order valence-electron chi connectivity index (χ1n) is 7.89. The molecule has 0 saturated heterocycles. The molecule has 1 fully saturated rings. The molecule has 0 atom stereocenters. The van der Waals surface area contributed by atoms with Gasteiger partial charge in [0.05, 0.1) is 19.8 Å². The van der Waals surface area contributed by atoms with Gasteiger partial charge in [0.1, 0.15) is 0 Å². The zero-order chi connectivity index (χ0) is 15.7. The van der Waals surface area contributed by atoms with Gasteiger partial charge in [-0.15, -0.1) is 0 Å². The van der Waals surface area contributed by atoms with E-state index in [1.165, 1.54) is 5.56 Å². The highest BCUT2D eigenvalue weighted by Gasteiger charge is 2.40. The zero-order valence-corrected chi connectivity index (χ0v) is 13.4. The molecule has 1 saturated carbocycles. The molecule has 2 aliphatic rings. The van der Waals surface area contributed by atoms with Gasteiger partial charge in [0.15, 0.2) is 11.5 Å². The Balaban J connectivity index is 1.83. The van der Waals surface area contributed by atoms with Crippen molar-refractivity contribution in [3.63, 3.8) is 0 Å². The van der Waals surface area contributed by atoms with Crippen molar-refractivity contribution in [3.05, 3.63) is 23.3 Å². The van der Waals surface area contributed by atoms with Crippen LogP contribution in [0.1, 0.15) is 36.8 Å². The number of hydrogen-bond acceptors (Lipinski definition) is 4. The normalized spacial score (nSPS) is 19.7. The van der Waals surface area contributed by atoms with Gasteiger partial charge in [-0.25, -0.2) is 0 Å². The van der Waals surface area contributed by atoms with Gasteiger partial charge in [-0.3, -0.25) is 4.79 Å². The predicted molar refractivity (Wildman–Crippen MR) is 84.1 cm³/mol. The van der Waals surface area contributed by atoms with E-state index >= 15 is 0 Å². The Morgan fingerprint density at radius 2 is 1.73 bits per heavy atom. The summed E-state index contributed by atoms with van der Waals surface area (Å²) in [6, 6.07) is 4.00. The van der Waals surface area contributed by atoms with E-state index < -0.39 is 5.54 Å². The second-order valence-electron chi connectivity index (χ2n) is 6.32. The molecule has 1 heterocycles. The maximum absolute atomic E-state index is 12.8. The Kier molecular flexibility index (Phi) is 4.00. The van der Waals surface area contributed by atoms with Gasteiger partial charge in [-0.1, -0.05) is 12.8 Å². The molecule has 1 aliphatic heterocycles. The largest absolute Gasteiger partial charge is 0.493 e. The van der Waals surface area contributed by atoms with Gasteiger partial charge in [0, 0.05) is 13.1 Å². The number of amides is 1. The maximum atomic E-state index is 12.8. The van der Waals surface area contributed by atoms with Crippen LogP contribution in [0, 0.1) is 0 Å². The van der Waals surface area contributed by atoms with E-state index in [1.54, 1.807) is 14.2 Å². The number of nitrogens with two attached hydrogens (primary N) is 1. The van der Waals surface area contributed by atoms with Gasteiger partial charge < -0.3 is 20.1 Å². The summed E-state index contributed by atoms with van der Waals surface area (Å²) < 4.78 is 10.7. The summed E-state index contributed by atoms with van der Waals surface area (Å²) in [6.45, 7) is 1.33. The van der Waals surface area contributed by atoms with Gasteiger partial charge in [0.25, 0.3) is 0 Å². The Hall–Kier alpha value is -1.75. The summed E-state index contributed by atoms with van der Waals surface area (Å²) in [5, 5.41) is 0. The molecule has 1 amide bonds. The second kappa shape index (κ2) is 5.80. The molecule has 0 spiro atoms. The van der Waals surface area contributed by atoms with Crippen molar-refractivity contribution in [3.8, 4) is 11.5 Å². The summed E-state index contributed by atoms with van der Waals surface area (Å²) in [7, 11) is 3.27. The van der Waals surface area contributed by atoms with Crippen molar-refractivity contribution >= 4 is 5.91 Å². The Morgan fingerprint density at radius 3 is 2.32 bits per heavy atom. The summed E-state index contributed by atoms with van der Waals surface area (Å²) in [4.78, 5) is 14.7. The quantitative estimate of drug-likeness (QED) is 0.926. The highest BCUT2D eigenvalue weighted by atomic mass is 16.5. The molecular weight excluding hydrogens is 280 g/mol. The summed E-state index contributed by atoms with van der Waals surface area (Å²) in [5.41, 5.74) is 8.02. The first-order chi connectivity index (χ1) is 10.6. The van der Waals surface area contributed by atoms with Crippen molar-refractivity contribution in [2.75, 3.05) is 20.8 Å². The van der Waals surface area contributed by atoms with Crippen LogP contribution < -0.4 is 15.2 Å². The average molecular weight is 304 g/mol. The Morgan fingerprint density at radius 1 is 1.14 bits per heavy atom. The Bertz CT molecular complexity index is 580. The number of methoxy groups -OCH3 is 2. The van der Waals surface area contributed by atoms with E-state index in [1.807, 2.05) is 17.0 Å². The van der Waals surface area contributed by atoms with Gasteiger partial charge in [0.2, 0.25) is 5.91 Å². The summed E-state index contributed by atoms with van der Waals surface area (Å²) in [5.74, 6) is 1.55. The summed E-state index contributed by atoms with van der Waals surface area (Å²) in [6.07, 6.45) is 4.55. The van der Waals surface area contributed by atoms with Gasteiger partial charge >= 0.3 is 0 Å². The number of carbonyl (C=O) groups is 1. The minimum Gasteiger partial charge on any atom is -0.493 e. The van der Waals surface area contributed by atoms with Crippen LogP contribution >= 0.6 is 0 Å². The minimum atomic E-state index is -0.645. The number of rotatable bonds is 3. The lowest BCUT2D eigenvalue weighted by Crippen LogP contribution is -2.54. The zero-order valence-electron chi connectivity index (χ0n) is 13.4. The van der Waals surface area contributed by atoms with Crippen molar-refractivity contribution in [2.24, 2.45) is 5.73 Å². The fraction of sp³-hybridized carbons (Fsp3) is 0.588. The molecular formula is C17H24N2O3. The molecule has 5 heteroatoms. The van der Waals surface area contributed by atoms with E-state index in [0.717, 1.165) is 50.0 Å². The smallest absolute Gasteiger partial charge is 0.242 e. The van der Waals surface area contributed by atoms with E-state index in [9.17, 15) is 4.79 Å². The molecule has 1 aromatic carbocycles. The number of fused-ring (bicyclic) bond motifs is 1. The van der Waals surface area contributed by atoms with Crippen LogP contribution in [-0.4, -0.2) is 37.1 Å². The Labute approximate surface area is 131 Å². The van der Waals surface area contributed by atoms with E-state index in [-0.39, 0.29) is 5.91 Å². The van der Waals surface area contributed by atoms with Crippen LogP contribution in [0.3, 0.4) is 0 Å². The monoisotopic (exact) mass is 304 g/mol. The molecule has 22 heavy (non-hydrogen) atoms. The van der Waals surface area contributed by atoms with Crippen molar-refractivity contribution in [2.45, 2.75) is 44.2 Å². The molecule has 0 radical (unpaired) electrons. The second-order valence-corrected chi connectivity index (χ2v) is 6.32. The van der Waals surface area contributed by atoms with Crippen LogP contribution in [0.25, 0.3) is 0 Å². The van der Waals surface area contributed by atoms with Crippen molar-refractivity contribution < 1.29 is 14.3 Å². The lowest BCUT2D eigenvalue weighted by molar-refractivity contribution is -0.137. The number of ether oxygens (including phenoxy) is 2. The van der Waals surface area contributed by atoms with Crippen molar-refractivity contribution in [1.29, 1.82) is 0 Å². The third kappa shape index (κ3) is 2.54. The van der Waals surface area contributed by atoms with E-state index in [0.29, 0.717) is 12.3 Å². The van der Waals surface area contributed by atoms with E-state index in [2.05, 4.69) is 0 Å². The van der Waals surface area contributed by atoms with Gasteiger partial charge in [-0.05, 0) is 42.5 Å². The fourth-order valence-corrected chi connectivity index (χ4v) is 3.59. The van der Waals surface area contributed by atoms with Crippen LogP contribution in [-0.2, 0) is 17.8 Å². The van der Waals surface area contributed by atoms with Crippen LogP contribution in [0.5, 0.6) is 11.5 Å². The van der Waals surface area contributed by atoms with E-state index in [4.69, 9.17) is 15.2 Å². The molecule has 2 N–H and O–H groups in total. The predicted octanol–water partition coefficient (Wildman–Crippen LogP) is 1.86. The van der Waals surface area contributed by atoms with Crippen LogP contribution in [0.2, 0.25) is 0 Å². The molecule has 0 aromatic heterocycles. The summed E-state index contributed by atoms with van der Waals surface area (Å²) >= 11 is 0. The third-order valence-electron chi connectivity index (χ3n) is 4.93. The van der Waals surface area contributed by atoms with Gasteiger partial charge in [-0.2, -0.15) is 0 Å². The number of benzene rings is 1. The highest BCUT2D eigenvalue weighted by Crippen LogP contribution is 2.35. The minimum absolute atomic E-state index is 0.102. The van der Waals surface area contributed by atoms with Crippen molar-refractivity contribution in [1.82, 2.24) is 4.90 Å². The number of carbonyl (C=O) groups excluding carboxylic acids is 1. The molecule has 0 bridgehead atoms. The molecule has 120 valence electrons. The molecule has 0 unspecified atom stereocenters. The first-order valence-corrected chi connectivity index (χ1v) is 7.89. The SMILES string of the molecule is COc1cc2c(cc1OC)CN(C(=O)C1(N)CCCC1)CC2. The highest BCUT2D eigenvalue weighted by molar-refractivity contribution is 5.86. The number of hydrogen-bond donors (Lipinski definition) is 1. The molecule has 5 nitrogen and oxygen atoms in total. The number of nitrogens with zero attached hydrogens (tertiary/aromatic N) is 1. The topological polar surface area (TPSA) is 64.8 Å².